The molecular formula is C13H12ClNOS. The van der Waals surface area contributed by atoms with Crippen LogP contribution in [0.1, 0.15) is 11.1 Å². The second-order valence-electron chi connectivity index (χ2n) is 3.58. The third-order valence-electron chi connectivity index (χ3n) is 2.30. The molecule has 88 valence electrons. The van der Waals surface area contributed by atoms with Gasteiger partial charge in [-0.2, -0.15) is 0 Å². The van der Waals surface area contributed by atoms with Crippen molar-refractivity contribution < 1.29 is 5.11 Å². The molecular weight excluding hydrogens is 254 g/mol. The Morgan fingerprint density at radius 3 is 2.53 bits per heavy atom. The minimum absolute atomic E-state index is 0.0882. The number of hydrogen-bond acceptors (Lipinski definition) is 3. The van der Waals surface area contributed by atoms with E-state index in [1.807, 2.05) is 36.4 Å². The molecule has 1 aromatic heterocycles. The molecule has 1 heterocycles. The Labute approximate surface area is 110 Å². The summed E-state index contributed by atoms with van der Waals surface area (Å²) in [5.41, 5.74) is 2.09. The van der Waals surface area contributed by atoms with Crippen molar-refractivity contribution in [2.45, 2.75) is 17.3 Å². The highest BCUT2D eigenvalue weighted by molar-refractivity contribution is 7.98. The number of pyridine rings is 1. The molecule has 0 amide bonds. The van der Waals surface area contributed by atoms with Gasteiger partial charge >= 0.3 is 0 Å². The largest absolute Gasteiger partial charge is 0.392 e. The summed E-state index contributed by atoms with van der Waals surface area (Å²) in [7, 11) is 0. The summed E-state index contributed by atoms with van der Waals surface area (Å²) >= 11 is 7.55. The molecule has 4 heteroatoms. The predicted octanol–water partition coefficient (Wildman–Crippen LogP) is 3.52. The van der Waals surface area contributed by atoms with Crippen molar-refractivity contribution in [3.63, 3.8) is 0 Å². The zero-order valence-electron chi connectivity index (χ0n) is 9.14. The molecule has 0 fully saturated rings. The zero-order valence-corrected chi connectivity index (χ0v) is 10.7. The van der Waals surface area contributed by atoms with Crippen LogP contribution < -0.4 is 0 Å². The molecule has 0 aliphatic carbocycles. The molecule has 0 unspecified atom stereocenters. The fraction of sp³-hybridized carbons (Fsp3) is 0.154. The van der Waals surface area contributed by atoms with Crippen LogP contribution >= 0.6 is 23.4 Å². The van der Waals surface area contributed by atoms with Crippen molar-refractivity contribution >= 4 is 23.4 Å². The summed E-state index contributed by atoms with van der Waals surface area (Å²) in [6.07, 6.45) is 1.72. The molecule has 0 aliphatic rings. The van der Waals surface area contributed by atoms with Crippen LogP contribution in [-0.2, 0) is 12.4 Å². The number of halogens is 1. The summed E-state index contributed by atoms with van der Waals surface area (Å²) < 4.78 is 0. The van der Waals surface area contributed by atoms with Crippen molar-refractivity contribution in [3.05, 3.63) is 58.9 Å². The van der Waals surface area contributed by atoms with Gasteiger partial charge in [0, 0.05) is 16.8 Å². The first kappa shape index (κ1) is 12.4. The Balaban J connectivity index is 1.97. The smallest absolute Gasteiger partial charge is 0.129 e. The zero-order chi connectivity index (χ0) is 12.1. The van der Waals surface area contributed by atoms with Crippen LogP contribution in [0.3, 0.4) is 0 Å². The fourth-order valence-corrected chi connectivity index (χ4v) is 2.43. The van der Waals surface area contributed by atoms with E-state index in [-0.39, 0.29) is 6.61 Å². The van der Waals surface area contributed by atoms with Crippen LogP contribution in [0.4, 0.5) is 0 Å². The molecule has 2 aromatic rings. The lowest BCUT2D eigenvalue weighted by molar-refractivity contribution is 0.282. The van der Waals surface area contributed by atoms with Gasteiger partial charge in [0.15, 0.2) is 0 Å². The highest BCUT2D eigenvalue weighted by Crippen LogP contribution is 2.23. The average Bonchev–Trinajstić information content (AvgIpc) is 2.37. The van der Waals surface area contributed by atoms with E-state index >= 15 is 0 Å². The second kappa shape index (κ2) is 6.05. The van der Waals surface area contributed by atoms with Crippen molar-refractivity contribution in [1.82, 2.24) is 4.98 Å². The van der Waals surface area contributed by atoms with Gasteiger partial charge in [-0.3, -0.25) is 0 Å². The summed E-state index contributed by atoms with van der Waals surface area (Å²) in [5, 5.41) is 9.47. The number of rotatable bonds is 4. The number of benzene rings is 1. The molecule has 0 radical (unpaired) electrons. The molecule has 1 aromatic carbocycles. The number of thioether (sulfide) groups is 1. The quantitative estimate of drug-likeness (QED) is 0.678. The number of hydrogen-bond donors (Lipinski definition) is 1. The van der Waals surface area contributed by atoms with Gasteiger partial charge < -0.3 is 5.11 Å². The number of nitrogens with zero attached hydrogens (tertiary/aromatic N) is 1. The molecule has 17 heavy (non-hydrogen) atoms. The van der Waals surface area contributed by atoms with Gasteiger partial charge in [-0.25, -0.2) is 4.98 Å². The number of aliphatic hydroxyl groups is 1. The monoisotopic (exact) mass is 265 g/mol. The SMILES string of the molecule is OCc1ccc(SCc2ccnc(Cl)c2)cc1. The van der Waals surface area contributed by atoms with Crippen molar-refractivity contribution in [3.8, 4) is 0 Å². The molecule has 0 spiro atoms. The number of aliphatic hydroxyl groups excluding tert-OH is 1. The normalized spacial score (nSPS) is 10.5. The molecule has 0 saturated carbocycles. The van der Waals surface area contributed by atoms with E-state index in [1.165, 1.54) is 4.90 Å². The van der Waals surface area contributed by atoms with E-state index in [0.29, 0.717) is 5.15 Å². The minimum Gasteiger partial charge on any atom is -0.392 e. The molecule has 0 bridgehead atoms. The lowest BCUT2D eigenvalue weighted by Gasteiger charge is -2.03. The maximum atomic E-state index is 8.94. The predicted molar refractivity (Wildman–Crippen MR) is 71.2 cm³/mol. The lowest BCUT2D eigenvalue weighted by atomic mass is 10.2. The van der Waals surface area contributed by atoms with Crippen LogP contribution in [0, 0.1) is 0 Å². The van der Waals surface area contributed by atoms with Gasteiger partial charge in [-0.1, -0.05) is 23.7 Å². The Kier molecular flexibility index (Phi) is 4.42. The van der Waals surface area contributed by atoms with E-state index in [9.17, 15) is 0 Å². The molecule has 2 rings (SSSR count). The molecule has 1 N–H and O–H groups in total. The summed E-state index contributed by atoms with van der Waals surface area (Å²) in [6.45, 7) is 0.0882. The maximum Gasteiger partial charge on any atom is 0.129 e. The van der Waals surface area contributed by atoms with Crippen molar-refractivity contribution in [1.29, 1.82) is 0 Å². The molecule has 0 aliphatic heterocycles. The van der Waals surface area contributed by atoms with E-state index in [1.54, 1.807) is 18.0 Å². The minimum atomic E-state index is 0.0882. The highest BCUT2D eigenvalue weighted by Gasteiger charge is 1.98. The van der Waals surface area contributed by atoms with E-state index in [0.717, 1.165) is 16.9 Å². The van der Waals surface area contributed by atoms with E-state index in [4.69, 9.17) is 16.7 Å². The van der Waals surface area contributed by atoms with Crippen LogP contribution in [-0.4, -0.2) is 10.1 Å². The van der Waals surface area contributed by atoms with E-state index < -0.39 is 0 Å². The van der Waals surface area contributed by atoms with Gasteiger partial charge in [-0.15, -0.1) is 11.8 Å². The van der Waals surface area contributed by atoms with Gasteiger partial charge in [-0.05, 0) is 35.4 Å². The summed E-state index contributed by atoms with van der Waals surface area (Å²) in [6, 6.07) is 11.7. The van der Waals surface area contributed by atoms with Crippen molar-refractivity contribution in [2.75, 3.05) is 0 Å². The summed E-state index contributed by atoms with van der Waals surface area (Å²) in [4.78, 5) is 5.12. The highest BCUT2D eigenvalue weighted by atomic mass is 35.5. The fourth-order valence-electron chi connectivity index (χ4n) is 1.39. The maximum absolute atomic E-state index is 8.94. The number of aromatic nitrogens is 1. The van der Waals surface area contributed by atoms with Crippen LogP contribution in [0.5, 0.6) is 0 Å². The molecule has 0 atom stereocenters. The van der Waals surface area contributed by atoms with Crippen LogP contribution in [0.15, 0.2) is 47.5 Å². The first-order valence-corrected chi connectivity index (χ1v) is 6.57. The average molecular weight is 266 g/mol. The van der Waals surface area contributed by atoms with Crippen LogP contribution in [0.2, 0.25) is 5.15 Å². The van der Waals surface area contributed by atoms with Crippen molar-refractivity contribution in [2.24, 2.45) is 0 Å². The first-order valence-electron chi connectivity index (χ1n) is 5.21. The summed E-state index contributed by atoms with van der Waals surface area (Å²) in [5.74, 6) is 0.862. The Morgan fingerprint density at radius 2 is 1.88 bits per heavy atom. The Bertz CT molecular complexity index is 487. The topological polar surface area (TPSA) is 33.1 Å². The third kappa shape index (κ3) is 3.73. The third-order valence-corrected chi connectivity index (χ3v) is 3.59. The first-order chi connectivity index (χ1) is 8.28. The van der Waals surface area contributed by atoms with Gasteiger partial charge in [0.05, 0.1) is 6.61 Å². The standard InChI is InChI=1S/C13H12ClNOS/c14-13-7-11(5-6-15-13)9-17-12-3-1-10(8-16)2-4-12/h1-7,16H,8-9H2. The lowest BCUT2D eigenvalue weighted by Crippen LogP contribution is -1.84. The Hall–Kier alpha value is -1.03. The van der Waals surface area contributed by atoms with Gasteiger partial charge in [0.25, 0.3) is 0 Å². The molecule has 2 nitrogen and oxygen atoms in total. The second-order valence-corrected chi connectivity index (χ2v) is 5.01. The van der Waals surface area contributed by atoms with Crippen LogP contribution in [0.25, 0.3) is 0 Å². The Morgan fingerprint density at radius 1 is 1.12 bits per heavy atom. The van der Waals surface area contributed by atoms with Gasteiger partial charge in [0.1, 0.15) is 5.15 Å². The van der Waals surface area contributed by atoms with E-state index in [2.05, 4.69) is 4.98 Å². The molecule has 0 saturated heterocycles. The van der Waals surface area contributed by atoms with Gasteiger partial charge in [0.2, 0.25) is 0 Å².